The summed E-state index contributed by atoms with van der Waals surface area (Å²) >= 11 is 0. The topological polar surface area (TPSA) is 0 Å². The Kier molecular flexibility index (Phi) is 7.60. The molecule has 0 aliphatic carbocycles. The predicted octanol–water partition coefficient (Wildman–Crippen LogP) is 15.8. The molecule has 0 amide bonds. The molecule has 11 rings (SSSR count). The molecule has 260 valence electrons. The van der Waals surface area contributed by atoms with Gasteiger partial charge in [-0.1, -0.05) is 170 Å². The SMILES string of the molecule is c1ccc(-c2cc3cc(-c4cccc(-c5ccc6ccccc6c5)c4)ccc3c3ccc(-c4ccc5cc(-c6ccc7ccccc7c6)ccc5c4)cc23)cc1. The van der Waals surface area contributed by atoms with Crippen LogP contribution in [0.5, 0.6) is 0 Å². The Morgan fingerprint density at radius 1 is 0.161 bits per heavy atom. The second-order valence-electron chi connectivity index (χ2n) is 15.0. The second kappa shape index (κ2) is 13.2. The van der Waals surface area contributed by atoms with E-state index >= 15 is 0 Å². The third-order valence-corrected chi connectivity index (χ3v) is 11.6. The highest BCUT2D eigenvalue weighted by molar-refractivity contribution is 6.15. The first-order valence-electron chi connectivity index (χ1n) is 19.4. The molecule has 0 heteroatoms. The lowest BCUT2D eigenvalue weighted by Gasteiger charge is -2.15. The molecule has 0 saturated heterocycles. The summed E-state index contributed by atoms with van der Waals surface area (Å²) in [5.74, 6) is 0. The Bertz CT molecular complexity index is 3300. The van der Waals surface area contributed by atoms with Gasteiger partial charge in [0.1, 0.15) is 0 Å². The quantitative estimate of drug-likeness (QED) is 0.156. The largest absolute Gasteiger partial charge is 0.0622 e. The van der Waals surface area contributed by atoms with Gasteiger partial charge in [-0.25, -0.2) is 0 Å². The molecule has 0 saturated carbocycles. The van der Waals surface area contributed by atoms with Gasteiger partial charge in [0.05, 0.1) is 0 Å². The van der Waals surface area contributed by atoms with Crippen LogP contribution in [-0.2, 0) is 0 Å². The molecule has 11 aromatic rings. The minimum Gasteiger partial charge on any atom is -0.0622 e. The zero-order chi connectivity index (χ0) is 37.0. The fourth-order valence-electron chi connectivity index (χ4n) is 8.60. The first-order valence-corrected chi connectivity index (χ1v) is 19.4. The van der Waals surface area contributed by atoms with E-state index in [0.717, 1.165) is 0 Å². The van der Waals surface area contributed by atoms with Crippen LogP contribution in [0.25, 0.3) is 109 Å². The molecule has 0 aliphatic rings. The molecule has 0 atom stereocenters. The van der Waals surface area contributed by atoms with E-state index in [1.54, 1.807) is 0 Å². The number of hydrogen-bond acceptors (Lipinski definition) is 0. The molecule has 0 heterocycles. The van der Waals surface area contributed by atoms with Gasteiger partial charge in [0.2, 0.25) is 0 Å². The van der Waals surface area contributed by atoms with Crippen molar-refractivity contribution in [2.24, 2.45) is 0 Å². The Hall–Kier alpha value is -7.28. The van der Waals surface area contributed by atoms with E-state index in [1.165, 1.54) is 109 Å². The third-order valence-electron chi connectivity index (χ3n) is 11.6. The zero-order valence-corrected chi connectivity index (χ0v) is 30.8. The van der Waals surface area contributed by atoms with Gasteiger partial charge in [-0.2, -0.15) is 0 Å². The second-order valence-corrected chi connectivity index (χ2v) is 15.0. The van der Waals surface area contributed by atoms with Crippen molar-refractivity contribution in [2.75, 3.05) is 0 Å². The lowest BCUT2D eigenvalue weighted by molar-refractivity contribution is 1.61. The summed E-state index contributed by atoms with van der Waals surface area (Å²) in [6, 6.07) is 80.5. The molecule has 0 aliphatic heterocycles. The first-order chi connectivity index (χ1) is 27.7. The monoisotopic (exact) mass is 708 g/mol. The molecular weight excluding hydrogens is 673 g/mol. The van der Waals surface area contributed by atoms with Crippen LogP contribution in [0.15, 0.2) is 218 Å². The molecule has 0 aromatic heterocycles. The van der Waals surface area contributed by atoms with Gasteiger partial charge in [0.25, 0.3) is 0 Å². The highest BCUT2D eigenvalue weighted by atomic mass is 14.2. The van der Waals surface area contributed by atoms with Gasteiger partial charge in [-0.05, 0) is 158 Å². The predicted molar refractivity (Wildman–Crippen MR) is 241 cm³/mol. The molecule has 0 radical (unpaired) electrons. The Balaban J connectivity index is 0.985. The van der Waals surface area contributed by atoms with E-state index in [2.05, 4.69) is 218 Å². The maximum absolute atomic E-state index is 2.39. The summed E-state index contributed by atoms with van der Waals surface area (Å²) in [5, 5.41) is 12.6. The number of benzene rings is 11. The fourth-order valence-corrected chi connectivity index (χ4v) is 8.60. The number of rotatable bonds is 5. The lowest BCUT2D eigenvalue weighted by Crippen LogP contribution is -1.88. The Labute approximate surface area is 326 Å². The van der Waals surface area contributed by atoms with E-state index in [1.807, 2.05) is 0 Å². The summed E-state index contributed by atoms with van der Waals surface area (Å²) in [7, 11) is 0. The smallest absolute Gasteiger partial charge is 0.00928 e. The van der Waals surface area contributed by atoms with Crippen LogP contribution >= 0.6 is 0 Å². The number of fused-ring (bicyclic) bond motifs is 6. The highest BCUT2D eigenvalue weighted by Gasteiger charge is 2.13. The van der Waals surface area contributed by atoms with E-state index in [0.29, 0.717) is 0 Å². The molecule has 0 fully saturated rings. The van der Waals surface area contributed by atoms with Gasteiger partial charge in [0.15, 0.2) is 0 Å². The van der Waals surface area contributed by atoms with Crippen molar-refractivity contribution >= 4 is 53.9 Å². The lowest BCUT2D eigenvalue weighted by atomic mass is 9.89. The van der Waals surface area contributed by atoms with Crippen molar-refractivity contribution < 1.29 is 0 Å². The van der Waals surface area contributed by atoms with Gasteiger partial charge < -0.3 is 0 Å². The van der Waals surface area contributed by atoms with Crippen LogP contribution in [0.4, 0.5) is 0 Å². The molecule has 11 aromatic carbocycles. The maximum Gasteiger partial charge on any atom is -0.00928 e. The van der Waals surface area contributed by atoms with Crippen molar-refractivity contribution in [3.05, 3.63) is 218 Å². The van der Waals surface area contributed by atoms with E-state index in [9.17, 15) is 0 Å². The maximum atomic E-state index is 2.39. The third kappa shape index (κ3) is 5.72. The average molecular weight is 709 g/mol. The standard InChI is InChI=1S/C56H36/c1-2-11-39(12-3-1)55-36-52-34-50(43-16-8-15-42(31-43)44-19-17-37-9-4-6-13-40(37)29-44)25-27-53(52)54-28-26-51(35-56(54)55)49-24-23-47-32-46(21-22-48(47)33-49)45-20-18-38-10-5-7-14-41(38)30-45/h1-36H. The van der Waals surface area contributed by atoms with Crippen LogP contribution in [0.2, 0.25) is 0 Å². The summed E-state index contributed by atoms with van der Waals surface area (Å²) in [6.45, 7) is 0. The molecule has 0 bridgehead atoms. The normalized spacial score (nSPS) is 11.6. The van der Waals surface area contributed by atoms with Crippen LogP contribution in [0, 0.1) is 0 Å². The minimum atomic E-state index is 1.22. The Morgan fingerprint density at radius 3 is 1.09 bits per heavy atom. The van der Waals surface area contributed by atoms with Gasteiger partial charge in [-0.3, -0.25) is 0 Å². The van der Waals surface area contributed by atoms with Gasteiger partial charge in [-0.15, -0.1) is 0 Å². The van der Waals surface area contributed by atoms with E-state index in [-0.39, 0.29) is 0 Å². The van der Waals surface area contributed by atoms with Crippen LogP contribution in [0.3, 0.4) is 0 Å². The Morgan fingerprint density at radius 2 is 0.536 bits per heavy atom. The minimum absolute atomic E-state index is 1.22. The van der Waals surface area contributed by atoms with Crippen molar-refractivity contribution in [2.45, 2.75) is 0 Å². The van der Waals surface area contributed by atoms with Crippen molar-refractivity contribution in [3.63, 3.8) is 0 Å². The molecule has 0 unspecified atom stereocenters. The molecule has 0 spiro atoms. The van der Waals surface area contributed by atoms with Crippen LogP contribution in [-0.4, -0.2) is 0 Å². The van der Waals surface area contributed by atoms with Crippen LogP contribution in [0.1, 0.15) is 0 Å². The highest BCUT2D eigenvalue weighted by Crippen LogP contribution is 2.40. The van der Waals surface area contributed by atoms with Gasteiger partial charge >= 0.3 is 0 Å². The fraction of sp³-hybridized carbons (Fsp3) is 0. The van der Waals surface area contributed by atoms with Crippen molar-refractivity contribution in [1.29, 1.82) is 0 Å². The van der Waals surface area contributed by atoms with Crippen molar-refractivity contribution in [1.82, 2.24) is 0 Å². The number of hydrogen-bond donors (Lipinski definition) is 0. The molecular formula is C56H36. The summed E-state index contributed by atoms with van der Waals surface area (Å²) in [6.07, 6.45) is 0. The van der Waals surface area contributed by atoms with E-state index in [4.69, 9.17) is 0 Å². The first kappa shape index (κ1) is 32.2. The summed E-state index contributed by atoms with van der Waals surface area (Å²) in [5.41, 5.74) is 12.3. The molecule has 0 N–H and O–H groups in total. The summed E-state index contributed by atoms with van der Waals surface area (Å²) in [4.78, 5) is 0. The average Bonchev–Trinajstić information content (AvgIpc) is 3.28. The zero-order valence-electron chi connectivity index (χ0n) is 30.8. The van der Waals surface area contributed by atoms with Crippen molar-refractivity contribution in [3.8, 4) is 55.6 Å². The van der Waals surface area contributed by atoms with Crippen LogP contribution < -0.4 is 0 Å². The summed E-state index contributed by atoms with van der Waals surface area (Å²) < 4.78 is 0. The van der Waals surface area contributed by atoms with Gasteiger partial charge in [0, 0.05) is 0 Å². The molecule has 0 nitrogen and oxygen atoms in total. The molecule has 56 heavy (non-hydrogen) atoms. The van der Waals surface area contributed by atoms with E-state index < -0.39 is 0 Å².